The van der Waals surface area contributed by atoms with Crippen molar-refractivity contribution in [3.05, 3.63) is 0 Å². The topological polar surface area (TPSA) is 57.6 Å². The lowest BCUT2D eigenvalue weighted by Crippen LogP contribution is -2.54. The van der Waals surface area contributed by atoms with Crippen molar-refractivity contribution in [1.29, 1.82) is 0 Å². The fourth-order valence-electron chi connectivity index (χ4n) is 2.88. The summed E-state index contributed by atoms with van der Waals surface area (Å²) in [7, 11) is 2.02. The van der Waals surface area contributed by atoms with E-state index in [0.717, 1.165) is 25.9 Å². The second kappa shape index (κ2) is 3.59. The molecule has 4 nitrogen and oxygen atoms in total. The predicted molar refractivity (Wildman–Crippen MR) is 54.5 cm³/mol. The van der Waals surface area contributed by atoms with Crippen LogP contribution in [0.15, 0.2) is 0 Å². The standard InChI is InChI=1S/C11H17NO3/c1-12-4-2-3-8(7-12)11(10(14)15)5-9(13)6-11/h8H,2-7H2,1H3,(H,14,15). The Morgan fingerprint density at radius 1 is 1.53 bits per heavy atom. The van der Waals surface area contributed by atoms with Crippen molar-refractivity contribution in [2.75, 3.05) is 20.1 Å². The molecule has 2 aliphatic rings. The number of carboxylic acid groups (broad SMARTS) is 1. The summed E-state index contributed by atoms with van der Waals surface area (Å²) >= 11 is 0. The van der Waals surface area contributed by atoms with Crippen LogP contribution in [0.1, 0.15) is 25.7 Å². The molecule has 0 spiro atoms. The smallest absolute Gasteiger partial charge is 0.310 e. The summed E-state index contributed by atoms with van der Waals surface area (Å²) in [6.07, 6.45) is 2.50. The van der Waals surface area contributed by atoms with Crippen LogP contribution in [0.25, 0.3) is 0 Å². The number of carboxylic acids is 1. The Kier molecular flexibility index (Phi) is 2.54. The molecule has 0 aromatic heterocycles. The summed E-state index contributed by atoms with van der Waals surface area (Å²) in [6.45, 7) is 1.86. The molecule has 0 aromatic carbocycles. The van der Waals surface area contributed by atoms with Crippen molar-refractivity contribution in [2.45, 2.75) is 25.7 Å². The number of rotatable bonds is 2. The van der Waals surface area contributed by atoms with Gasteiger partial charge in [-0.3, -0.25) is 9.59 Å². The van der Waals surface area contributed by atoms with Gasteiger partial charge in [-0.05, 0) is 32.4 Å². The molecule has 1 atom stereocenters. The van der Waals surface area contributed by atoms with Gasteiger partial charge >= 0.3 is 5.97 Å². The number of hydrogen-bond donors (Lipinski definition) is 1. The van der Waals surface area contributed by atoms with E-state index in [1.807, 2.05) is 7.05 Å². The van der Waals surface area contributed by atoms with Gasteiger partial charge in [0.2, 0.25) is 0 Å². The zero-order valence-corrected chi connectivity index (χ0v) is 9.03. The highest BCUT2D eigenvalue weighted by Crippen LogP contribution is 2.48. The molecule has 1 heterocycles. The highest BCUT2D eigenvalue weighted by atomic mass is 16.4. The molecular formula is C11H17NO3. The number of Topliss-reactive ketones (excluding diaryl/α,β-unsaturated/α-hetero) is 1. The summed E-state index contributed by atoms with van der Waals surface area (Å²) in [5.74, 6) is -0.514. The van der Waals surface area contributed by atoms with Crippen LogP contribution >= 0.6 is 0 Å². The van der Waals surface area contributed by atoms with E-state index in [1.165, 1.54) is 0 Å². The number of carbonyl (C=O) groups is 2. The Labute approximate surface area is 89.3 Å². The SMILES string of the molecule is CN1CCCC(C2(C(=O)O)CC(=O)C2)C1. The summed E-state index contributed by atoms with van der Waals surface area (Å²) in [5, 5.41) is 9.27. The van der Waals surface area contributed by atoms with Gasteiger partial charge in [-0.2, -0.15) is 0 Å². The van der Waals surface area contributed by atoms with Crippen molar-refractivity contribution in [3.63, 3.8) is 0 Å². The first-order chi connectivity index (χ1) is 7.04. The Bertz CT molecular complexity index is 292. The molecule has 15 heavy (non-hydrogen) atoms. The van der Waals surface area contributed by atoms with Crippen molar-refractivity contribution in [3.8, 4) is 0 Å². The van der Waals surface area contributed by atoms with Gasteiger partial charge < -0.3 is 10.0 Å². The van der Waals surface area contributed by atoms with Crippen molar-refractivity contribution in [1.82, 2.24) is 4.90 Å². The zero-order chi connectivity index (χ0) is 11.1. The normalized spacial score (nSPS) is 31.0. The lowest BCUT2D eigenvalue weighted by Gasteiger charge is -2.46. The lowest BCUT2D eigenvalue weighted by molar-refractivity contribution is -0.168. The predicted octanol–water partition coefficient (Wildman–Crippen LogP) is 0.762. The number of piperidine rings is 1. The van der Waals surface area contributed by atoms with E-state index in [1.54, 1.807) is 0 Å². The third-order valence-corrected chi connectivity index (χ3v) is 3.86. The average Bonchev–Trinajstić information content (AvgIpc) is 2.12. The Morgan fingerprint density at radius 2 is 2.20 bits per heavy atom. The first-order valence-corrected chi connectivity index (χ1v) is 5.48. The van der Waals surface area contributed by atoms with Crippen LogP contribution in [0, 0.1) is 11.3 Å². The molecule has 4 heteroatoms. The van der Waals surface area contributed by atoms with Crippen LogP contribution in [0.2, 0.25) is 0 Å². The Morgan fingerprint density at radius 3 is 2.67 bits per heavy atom. The number of likely N-dealkylation sites (tertiary alicyclic amines) is 1. The highest BCUT2D eigenvalue weighted by molar-refractivity contribution is 5.97. The zero-order valence-electron chi connectivity index (χ0n) is 9.03. The first-order valence-electron chi connectivity index (χ1n) is 5.48. The van der Waals surface area contributed by atoms with Crippen molar-refractivity contribution >= 4 is 11.8 Å². The van der Waals surface area contributed by atoms with Gasteiger partial charge in [-0.15, -0.1) is 0 Å². The highest BCUT2D eigenvalue weighted by Gasteiger charge is 2.55. The second-order valence-corrected chi connectivity index (χ2v) is 4.95. The minimum atomic E-state index is -0.776. The maximum atomic E-state index is 11.3. The maximum absolute atomic E-state index is 11.3. The minimum absolute atomic E-state index is 0.102. The van der Waals surface area contributed by atoms with Crippen LogP contribution in [-0.2, 0) is 9.59 Å². The van der Waals surface area contributed by atoms with Gasteiger partial charge in [0.1, 0.15) is 5.78 Å². The molecule has 0 aromatic rings. The van der Waals surface area contributed by atoms with E-state index in [-0.39, 0.29) is 24.5 Å². The van der Waals surface area contributed by atoms with Crippen LogP contribution in [-0.4, -0.2) is 41.9 Å². The molecule has 1 unspecified atom stereocenters. The van der Waals surface area contributed by atoms with Crippen molar-refractivity contribution < 1.29 is 14.7 Å². The van der Waals surface area contributed by atoms with E-state index in [2.05, 4.69) is 4.90 Å². The monoisotopic (exact) mass is 211 g/mol. The second-order valence-electron chi connectivity index (χ2n) is 4.95. The van der Waals surface area contributed by atoms with E-state index < -0.39 is 11.4 Å². The fraction of sp³-hybridized carbons (Fsp3) is 0.818. The van der Waals surface area contributed by atoms with Gasteiger partial charge in [-0.25, -0.2) is 0 Å². The third kappa shape index (κ3) is 1.67. The van der Waals surface area contributed by atoms with Gasteiger partial charge in [0.15, 0.2) is 0 Å². The first kappa shape index (κ1) is 10.6. The summed E-state index contributed by atoms with van der Waals surface area (Å²) < 4.78 is 0. The quantitative estimate of drug-likeness (QED) is 0.732. The van der Waals surface area contributed by atoms with Gasteiger partial charge in [0.25, 0.3) is 0 Å². The fourth-order valence-corrected chi connectivity index (χ4v) is 2.88. The molecule has 2 fully saturated rings. The summed E-state index contributed by atoms with van der Waals surface area (Å²) in [4.78, 5) is 24.5. The minimum Gasteiger partial charge on any atom is -0.481 e. The molecule has 2 rings (SSSR count). The summed E-state index contributed by atoms with van der Waals surface area (Å²) in [5.41, 5.74) is -0.730. The average molecular weight is 211 g/mol. The Hall–Kier alpha value is -0.900. The maximum Gasteiger partial charge on any atom is 0.310 e. The van der Waals surface area contributed by atoms with Crippen LogP contribution in [0.4, 0.5) is 0 Å². The van der Waals surface area contributed by atoms with Crippen molar-refractivity contribution in [2.24, 2.45) is 11.3 Å². The van der Waals surface area contributed by atoms with Crippen LogP contribution in [0.3, 0.4) is 0 Å². The van der Waals surface area contributed by atoms with E-state index in [0.29, 0.717) is 0 Å². The number of hydrogen-bond acceptors (Lipinski definition) is 3. The van der Waals surface area contributed by atoms with E-state index in [4.69, 9.17) is 0 Å². The Balaban J connectivity index is 2.12. The molecule has 0 amide bonds. The van der Waals surface area contributed by atoms with Gasteiger partial charge in [0.05, 0.1) is 5.41 Å². The summed E-state index contributed by atoms with van der Waals surface area (Å²) in [6, 6.07) is 0. The molecule has 1 saturated carbocycles. The largest absolute Gasteiger partial charge is 0.481 e. The molecule has 1 N–H and O–H groups in total. The molecule has 0 bridgehead atoms. The molecule has 0 radical (unpaired) electrons. The van der Waals surface area contributed by atoms with Gasteiger partial charge in [0, 0.05) is 19.4 Å². The molecular weight excluding hydrogens is 194 g/mol. The number of aliphatic carboxylic acids is 1. The molecule has 1 aliphatic heterocycles. The number of carbonyl (C=O) groups excluding carboxylic acids is 1. The van der Waals surface area contributed by atoms with E-state index >= 15 is 0 Å². The number of nitrogens with zero attached hydrogens (tertiary/aromatic N) is 1. The van der Waals surface area contributed by atoms with Gasteiger partial charge in [-0.1, -0.05) is 0 Å². The van der Waals surface area contributed by atoms with E-state index in [9.17, 15) is 14.7 Å². The van der Waals surface area contributed by atoms with Crippen LogP contribution < -0.4 is 0 Å². The molecule has 1 saturated heterocycles. The van der Waals surface area contributed by atoms with Crippen LogP contribution in [0.5, 0.6) is 0 Å². The number of ketones is 1. The molecule has 1 aliphatic carbocycles. The molecule has 84 valence electrons. The lowest BCUT2D eigenvalue weighted by atomic mass is 9.58. The third-order valence-electron chi connectivity index (χ3n) is 3.86.